The fraction of sp³-hybridized carbons (Fsp3) is 0.556. The summed E-state index contributed by atoms with van der Waals surface area (Å²) in [5.41, 5.74) is 1.13. The predicted octanol–water partition coefficient (Wildman–Crippen LogP) is 2.29. The third-order valence-electron chi connectivity index (χ3n) is 5.06. The highest BCUT2D eigenvalue weighted by atomic mass is 16.7. The summed E-state index contributed by atoms with van der Waals surface area (Å²) in [7, 11) is -0.434. The fourth-order valence-electron chi connectivity index (χ4n) is 2.91. The molecule has 6 nitrogen and oxygen atoms in total. The summed E-state index contributed by atoms with van der Waals surface area (Å²) in [6.07, 6.45) is 2.10. The first-order valence-corrected chi connectivity index (χ1v) is 8.71. The van der Waals surface area contributed by atoms with Crippen LogP contribution in [-0.4, -0.2) is 40.7 Å². The number of aromatic nitrogens is 2. The van der Waals surface area contributed by atoms with E-state index in [0.717, 1.165) is 16.4 Å². The normalized spacial score (nSPS) is 18.7. The Hall–Kier alpha value is -1.86. The second-order valence-corrected chi connectivity index (χ2v) is 7.29. The van der Waals surface area contributed by atoms with Crippen molar-refractivity contribution in [3.8, 4) is 0 Å². The molecule has 0 amide bonds. The summed E-state index contributed by atoms with van der Waals surface area (Å²) >= 11 is 0. The molecule has 0 unspecified atom stereocenters. The summed E-state index contributed by atoms with van der Waals surface area (Å²) in [6.45, 7) is 10.8. The first-order valence-electron chi connectivity index (χ1n) is 8.71. The van der Waals surface area contributed by atoms with Crippen molar-refractivity contribution in [1.82, 2.24) is 9.78 Å². The molecular formula is C18H25BN2O4. The third-order valence-corrected chi connectivity index (χ3v) is 5.06. The number of carbonyl (C=O) groups excluding carboxylic acids is 1. The summed E-state index contributed by atoms with van der Waals surface area (Å²) in [5.74, 6) is -0.215. The number of aryl methyl sites for hydroxylation is 1. The van der Waals surface area contributed by atoms with E-state index >= 15 is 0 Å². The molecule has 1 aromatic heterocycles. The Kier molecular flexibility index (Phi) is 4.64. The van der Waals surface area contributed by atoms with Crippen LogP contribution in [0.5, 0.6) is 0 Å². The van der Waals surface area contributed by atoms with Crippen LogP contribution in [0.1, 0.15) is 41.0 Å². The average Bonchev–Trinajstić information content (AvgIpc) is 3.03. The van der Waals surface area contributed by atoms with Gasteiger partial charge in [0.1, 0.15) is 0 Å². The molecule has 0 aliphatic carbocycles. The Bertz CT molecular complexity index is 768. The maximum absolute atomic E-state index is 11.6. The maximum atomic E-state index is 11.6. The lowest BCUT2D eigenvalue weighted by Gasteiger charge is -2.32. The van der Waals surface area contributed by atoms with E-state index in [-0.39, 0.29) is 17.2 Å². The zero-order chi connectivity index (χ0) is 18.2. The van der Waals surface area contributed by atoms with Crippen LogP contribution in [0, 0.1) is 0 Å². The van der Waals surface area contributed by atoms with E-state index in [1.165, 1.54) is 0 Å². The molecule has 0 bridgehead atoms. The molecule has 3 rings (SSSR count). The van der Waals surface area contributed by atoms with Gasteiger partial charge in [0.15, 0.2) is 0 Å². The lowest BCUT2D eigenvalue weighted by molar-refractivity contribution is -0.143. The van der Waals surface area contributed by atoms with Crippen LogP contribution in [0.15, 0.2) is 24.4 Å². The predicted molar refractivity (Wildman–Crippen MR) is 96.7 cm³/mol. The summed E-state index contributed by atoms with van der Waals surface area (Å²) in [5, 5.41) is 5.41. The Morgan fingerprint density at radius 1 is 1.24 bits per heavy atom. The molecule has 25 heavy (non-hydrogen) atoms. The highest BCUT2D eigenvalue weighted by molar-refractivity contribution is 6.65. The van der Waals surface area contributed by atoms with Crippen molar-refractivity contribution in [2.45, 2.75) is 58.8 Å². The number of carbonyl (C=O) groups is 1. The highest BCUT2D eigenvalue weighted by Crippen LogP contribution is 2.37. The minimum Gasteiger partial charge on any atom is -0.466 e. The molecule has 0 radical (unpaired) electrons. The molecule has 1 saturated heterocycles. The number of fused-ring (bicyclic) bond motifs is 1. The standard InChI is InChI=1S/C18H25BN2O4/c1-6-23-16(22)10-11-21-15-9-7-8-14(13(15)12-20-21)19-24-17(2,3)18(4,5)25-19/h7-9,12H,6,10-11H2,1-5H3. The second kappa shape index (κ2) is 6.46. The van der Waals surface area contributed by atoms with Gasteiger partial charge in [-0.25, -0.2) is 0 Å². The average molecular weight is 344 g/mol. The van der Waals surface area contributed by atoms with Crippen molar-refractivity contribution in [2.24, 2.45) is 0 Å². The zero-order valence-electron chi connectivity index (χ0n) is 15.5. The molecule has 1 aromatic carbocycles. The molecular weight excluding hydrogens is 319 g/mol. The van der Waals surface area contributed by atoms with Gasteiger partial charge in [0.2, 0.25) is 0 Å². The number of nitrogens with zero attached hydrogens (tertiary/aromatic N) is 2. The summed E-state index contributed by atoms with van der Waals surface area (Å²) in [6, 6.07) is 5.95. The summed E-state index contributed by atoms with van der Waals surface area (Å²) in [4.78, 5) is 11.6. The van der Waals surface area contributed by atoms with Crippen molar-refractivity contribution in [1.29, 1.82) is 0 Å². The number of benzene rings is 1. The molecule has 134 valence electrons. The van der Waals surface area contributed by atoms with Crippen molar-refractivity contribution < 1.29 is 18.8 Å². The quantitative estimate of drug-likeness (QED) is 0.615. The molecule has 7 heteroatoms. The SMILES string of the molecule is CCOC(=O)CCn1ncc2c(B3OC(C)(C)C(C)(C)O3)cccc21. The van der Waals surface area contributed by atoms with Gasteiger partial charge in [-0.15, -0.1) is 0 Å². The van der Waals surface area contributed by atoms with E-state index in [2.05, 4.69) is 5.10 Å². The molecule has 1 aliphatic rings. The minimum atomic E-state index is -0.434. The smallest absolute Gasteiger partial charge is 0.466 e. The number of rotatable bonds is 5. The van der Waals surface area contributed by atoms with Gasteiger partial charge in [0.25, 0.3) is 0 Å². The van der Waals surface area contributed by atoms with Crippen molar-refractivity contribution in [3.63, 3.8) is 0 Å². The van der Waals surface area contributed by atoms with Crippen LogP contribution in [0.4, 0.5) is 0 Å². The van der Waals surface area contributed by atoms with E-state index in [9.17, 15) is 4.79 Å². The van der Waals surface area contributed by atoms with Crippen molar-refractivity contribution >= 4 is 29.5 Å². The van der Waals surface area contributed by atoms with E-state index < -0.39 is 7.12 Å². The van der Waals surface area contributed by atoms with Crippen LogP contribution in [0.25, 0.3) is 10.9 Å². The first kappa shape index (κ1) is 18.0. The van der Waals surface area contributed by atoms with E-state index in [1.807, 2.05) is 50.6 Å². The van der Waals surface area contributed by atoms with Gasteiger partial charge in [0.05, 0.1) is 42.5 Å². The Labute approximate surface area is 148 Å². The van der Waals surface area contributed by atoms with Crippen LogP contribution in [0.3, 0.4) is 0 Å². The second-order valence-electron chi connectivity index (χ2n) is 7.29. The molecule has 0 spiro atoms. The minimum absolute atomic E-state index is 0.215. The number of esters is 1. The third kappa shape index (κ3) is 3.31. The Balaban J connectivity index is 1.86. The number of hydrogen-bond acceptors (Lipinski definition) is 5. The van der Waals surface area contributed by atoms with E-state index in [4.69, 9.17) is 14.0 Å². The molecule has 0 saturated carbocycles. The monoisotopic (exact) mass is 344 g/mol. The Morgan fingerprint density at radius 3 is 2.56 bits per heavy atom. The van der Waals surface area contributed by atoms with E-state index in [0.29, 0.717) is 19.6 Å². The Morgan fingerprint density at radius 2 is 1.92 bits per heavy atom. The van der Waals surface area contributed by atoms with Crippen LogP contribution >= 0.6 is 0 Å². The molecule has 2 aromatic rings. The molecule has 0 N–H and O–H groups in total. The van der Waals surface area contributed by atoms with Gasteiger partial charge >= 0.3 is 13.1 Å². The van der Waals surface area contributed by atoms with Gasteiger partial charge in [-0.05, 0) is 46.1 Å². The van der Waals surface area contributed by atoms with Gasteiger partial charge in [-0.1, -0.05) is 12.1 Å². The maximum Gasteiger partial charge on any atom is 0.495 e. The van der Waals surface area contributed by atoms with Gasteiger partial charge in [-0.2, -0.15) is 5.10 Å². The lowest BCUT2D eigenvalue weighted by atomic mass is 9.77. The zero-order valence-corrected chi connectivity index (χ0v) is 15.5. The van der Waals surface area contributed by atoms with Crippen molar-refractivity contribution in [3.05, 3.63) is 24.4 Å². The highest BCUT2D eigenvalue weighted by Gasteiger charge is 2.52. The van der Waals surface area contributed by atoms with Crippen molar-refractivity contribution in [2.75, 3.05) is 6.61 Å². The van der Waals surface area contributed by atoms with Gasteiger partial charge in [-0.3, -0.25) is 9.48 Å². The topological polar surface area (TPSA) is 62.6 Å². The number of ether oxygens (including phenoxy) is 1. The fourth-order valence-corrected chi connectivity index (χ4v) is 2.91. The lowest BCUT2D eigenvalue weighted by Crippen LogP contribution is -2.41. The summed E-state index contributed by atoms with van der Waals surface area (Å²) < 4.78 is 19.1. The van der Waals surface area contributed by atoms with Crippen LogP contribution < -0.4 is 5.46 Å². The first-order chi connectivity index (χ1) is 11.7. The number of hydrogen-bond donors (Lipinski definition) is 0. The van der Waals surface area contributed by atoms with E-state index in [1.54, 1.807) is 13.1 Å². The largest absolute Gasteiger partial charge is 0.495 e. The molecule has 1 aliphatic heterocycles. The van der Waals surface area contributed by atoms with Crippen LogP contribution in [0.2, 0.25) is 0 Å². The van der Waals surface area contributed by atoms with Gasteiger partial charge in [0, 0.05) is 5.39 Å². The molecule has 2 heterocycles. The van der Waals surface area contributed by atoms with Crippen LogP contribution in [-0.2, 0) is 25.4 Å². The molecule has 0 atom stereocenters. The molecule has 1 fully saturated rings. The van der Waals surface area contributed by atoms with Gasteiger partial charge < -0.3 is 14.0 Å².